The van der Waals surface area contributed by atoms with Gasteiger partial charge in [-0.3, -0.25) is 14.4 Å². The van der Waals surface area contributed by atoms with Gasteiger partial charge in [-0.15, -0.1) is 0 Å². The van der Waals surface area contributed by atoms with Gasteiger partial charge >= 0.3 is 0 Å². The van der Waals surface area contributed by atoms with Crippen molar-refractivity contribution in [1.29, 1.82) is 0 Å². The van der Waals surface area contributed by atoms with E-state index in [2.05, 4.69) is 22.6 Å². The third kappa shape index (κ3) is 12.2. The lowest BCUT2D eigenvalue weighted by molar-refractivity contribution is -0.132. The van der Waals surface area contributed by atoms with Crippen molar-refractivity contribution in [2.45, 2.75) is 52.2 Å². The molecule has 1 aliphatic heterocycles. The summed E-state index contributed by atoms with van der Waals surface area (Å²) in [6.45, 7) is 7.28. The number of para-hydroxylation sites is 1. The van der Waals surface area contributed by atoms with E-state index in [0.717, 1.165) is 56.6 Å². The Labute approximate surface area is 318 Å². The summed E-state index contributed by atoms with van der Waals surface area (Å²) in [4.78, 5) is 44.0. The lowest BCUT2D eigenvalue weighted by Gasteiger charge is -2.32. The Balaban J connectivity index is 1.22. The maximum atomic E-state index is 13.7. The van der Waals surface area contributed by atoms with Crippen LogP contribution in [0.25, 0.3) is 0 Å². The number of unbranched alkanes of at least 4 members (excludes halogenated alkanes) is 2. The van der Waals surface area contributed by atoms with Gasteiger partial charge in [0.25, 0.3) is 11.8 Å². The maximum absolute atomic E-state index is 13.7. The SMILES string of the molecule is Cc1ccc(NC(=O)c2ccc(NC(=O)c3ccccc3OCCCN)c(COCc3ccccc3)c2)c(OCCCCCC(=O)N2CCN(C)CC2)c1. The monoisotopic (exact) mass is 735 g/mol. The molecule has 0 aliphatic carbocycles. The zero-order chi connectivity index (χ0) is 38.1. The highest BCUT2D eigenvalue weighted by molar-refractivity contribution is 6.08. The van der Waals surface area contributed by atoms with Crippen molar-refractivity contribution in [3.8, 4) is 11.5 Å². The molecule has 0 atom stereocenters. The number of rotatable bonds is 19. The summed E-state index contributed by atoms with van der Waals surface area (Å²) < 4.78 is 18.1. The van der Waals surface area contributed by atoms with E-state index in [1.807, 2.05) is 66.4 Å². The number of amides is 3. The molecule has 0 bridgehead atoms. The fraction of sp³-hybridized carbons (Fsp3) is 0.372. The van der Waals surface area contributed by atoms with Gasteiger partial charge in [0.05, 0.1) is 37.7 Å². The van der Waals surface area contributed by atoms with E-state index >= 15 is 0 Å². The fourth-order valence-electron chi connectivity index (χ4n) is 6.06. The average molecular weight is 736 g/mol. The first-order chi connectivity index (χ1) is 26.3. The van der Waals surface area contributed by atoms with Crippen LogP contribution < -0.4 is 25.8 Å². The molecule has 0 spiro atoms. The van der Waals surface area contributed by atoms with Crippen LogP contribution in [0.3, 0.4) is 0 Å². The second kappa shape index (κ2) is 20.9. The van der Waals surface area contributed by atoms with Crippen molar-refractivity contribution >= 4 is 29.1 Å². The number of piperazine rings is 1. The van der Waals surface area contributed by atoms with Gasteiger partial charge in [0, 0.05) is 49.4 Å². The van der Waals surface area contributed by atoms with E-state index in [1.54, 1.807) is 36.4 Å². The number of hydrogen-bond acceptors (Lipinski definition) is 8. The van der Waals surface area contributed by atoms with Gasteiger partial charge in [0.2, 0.25) is 5.91 Å². The Hall–Kier alpha value is -5.23. The topological polar surface area (TPSA) is 135 Å². The number of carbonyl (C=O) groups excluding carboxylic acids is 3. The van der Waals surface area contributed by atoms with Crippen LogP contribution in [-0.4, -0.2) is 80.5 Å². The largest absolute Gasteiger partial charge is 0.493 e. The Kier molecular flexibility index (Phi) is 15.4. The lowest BCUT2D eigenvalue weighted by Crippen LogP contribution is -2.47. The molecule has 4 N–H and O–H groups in total. The third-order valence-electron chi connectivity index (χ3n) is 9.26. The molecule has 3 amide bonds. The van der Waals surface area contributed by atoms with Crippen molar-refractivity contribution in [2.75, 3.05) is 63.6 Å². The molecule has 0 radical (unpaired) electrons. The van der Waals surface area contributed by atoms with Gasteiger partial charge in [-0.25, -0.2) is 0 Å². The summed E-state index contributed by atoms with van der Waals surface area (Å²) in [5.74, 6) is 0.603. The number of aryl methyl sites for hydroxylation is 1. The third-order valence-corrected chi connectivity index (χ3v) is 9.26. The Bertz CT molecular complexity index is 1830. The summed E-state index contributed by atoms with van der Waals surface area (Å²) >= 11 is 0. The molecule has 1 heterocycles. The van der Waals surface area contributed by atoms with Crippen LogP contribution in [0.5, 0.6) is 11.5 Å². The number of nitrogens with one attached hydrogen (secondary N) is 2. The molecule has 1 fully saturated rings. The minimum absolute atomic E-state index is 0.153. The molecular weight excluding hydrogens is 683 g/mol. The van der Waals surface area contributed by atoms with Crippen LogP contribution in [0.1, 0.15) is 69.5 Å². The zero-order valence-electron chi connectivity index (χ0n) is 31.5. The van der Waals surface area contributed by atoms with E-state index in [1.165, 1.54) is 0 Å². The number of nitrogens with zero attached hydrogens (tertiary/aromatic N) is 2. The molecule has 0 saturated carbocycles. The van der Waals surface area contributed by atoms with Gasteiger partial charge < -0.3 is 40.4 Å². The summed E-state index contributed by atoms with van der Waals surface area (Å²) in [6, 6.07) is 27.6. The van der Waals surface area contributed by atoms with Crippen LogP contribution in [0.15, 0.2) is 91.0 Å². The molecule has 4 aromatic carbocycles. The Morgan fingerprint density at radius 1 is 0.704 bits per heavy atom. The normalized spacial score (nSPS) is 13.0. The Morgan fingerprint density at radius 2 is 1.41 bits per heavy atom. The first kappa shape index (κ1) is 40.0. The molecule has 0 unspecified atom stereocenters. The molecule has 5 rings (SSSR count). The molecule has 1 saturated heterocycles. The number of nitrogens with two attached hydrogens (primary N) is 1. The zero-order valence-corrected chi connectivity index (χ0v) is 31.5. The molecule has 4 aromatic rings. The van der Waals surface area contributed by atoms with E-state index < -0.39 is 0 Å². The van der Waals surface area contributed by atoms with Crippen LogP contribution >= 0.6 is 0 Å². The number of likely N-dealkylation sites (N-methyl/N-ethyl adjacent to an activating group) is 1. The van der Waals surface area contributed by atoms with Crippen molar-refractivity contribution in [3.63, 3.8) is 0 Å². The summed E-state index contributed by atoms with van der Waals surface area (Å²) in [5, 5.41) is 6.02. The minimum atomic E-state index is -0.345. The average Bonchev–Trinajstić information content (AvgIpc) is 3.18. The number of benzene rings is 4. The Morgan fingerprint density at radius 3 is 2.20 bits per heavy atom. The number of hydrogen-bond donors (Lipinski definition) is 3. The highest BCUT2D eigenvalue weighted by atomic mass is 16.5. The molecule has 11 nitrogen and oxygen atoms in total. The van der Waals surface area contributed by atoms with E-state index in [-0.39, 0.29) is 24.3 Å². The highest BCUT2D eigenvalue weighted by Gasteiger charge is 2.19. The summed E-state index contributed by atoms with van der Waals surface area (Å²) in [6.07, 6.45) is 3.70. The molecule has 54 heavy (non-hydrogen) atoms. The second-order valence-electron chi connectivity index (χ2n) is 13.6. The van der Waals surface area contributed by atoms with Gasteiger partial charge in [0.15, 0.2) is 0 Å². The maximum Gasteiger partial charge on any atom is 0.259 e. The van der Waals surface area contributed by atoms with Crippen LogP contribution in [0.4, 0.5) is 11.4 Å². The number of ether oxygens (including phenoxy) is 3. The van der Waals surface area contributed by atoms with E-state index in [0.29, 0.717) is 78.8 Å². The first-order valence-electron chi connectivity index (χ1n) is 18.8. The van der Waals surface area contributed by atoms with E-state index in [9.17, 15) is 14.4 Å². The molecule has 1 aliphatic rings. The van der Waals surface area contributed by atoms with Gasteiger partial charge in [0.1, 0.15) is 11.5 Å². The van der Waals surface area contributed by atoms with Crippen LogP contribution in [0, 0.1) is 6.92 Å². The van der Waals surface area contributed by atoms with Gasteiger partial charge in [-0.2, -0.15) is 0 Å². The molecule has 286 valence electrons. The fourth-order valence-corrected chi connectivity index (χ4v) is 6.06. The number of anilines is 2. The summed E-state index contributed by atoms with van der Waals surface area (Å²) in [5.41, 5.74) is 10.1. The smallest absolute Gasteiger partial charge is 0.259 e. The predicted octanol–water partition coefficient (Wildman–Crippen LogP) is 6.66. The molecule has 11 heteroatoms. The minimum Gasteiger partial charge on any atom is -0.493 e. The van der Waals surface area contributed by atoms with Crippen LogP contribution in [0.2, 0.25) is 0 Å². The van der Waals surface area contributed by atoms with Crippen molar-refractivity contribution in [1.82, 2.24) is 9.80 Å². The lowest BCUT2D eigenvalue weighted by atomic mass is 10.1. The quantitative estimate of drug-likeness (QED) is 0.0911. The standard InChI is InChI=1S/C43H53N5O6/c1-32-17-19-38(40(28-32)54-26-10-4-7-16-41(49)48-24-22-47(2)23-25-48)46-42(50)34-18-20-37(35(29-34)31-52-30-33-12-5-3-6-13-33)45-43(51)36-14-8-9-15-39(36)53-27-11-21-44/h3,5-6,8-9,12-15,17-20,28-29H,4,7,10-11,16,21-27,30-31,44H2,1-2H3,(H,45,51)(H,46,50). The van der Waals surface area contributed by atoms with Gasteiger partial charge in [-0.05, 0) is 99.8 Å². The molecular formula is C43H53N5O6. The first-order valence-corrected chi connectivity index (χ1v) is 18.8. The van der Waals surface area contributed by atoms with Crippen molar-refractivity contribution in [3.05, 3.63) is 119 Å². The molecule has 0 aromatic heterocycles. The number of carbonyl (C=O) groups is 3. The van der Waals surface area contributed by atoms with Crippen molar-refractivity contribution in [2.24, 2.45) is 5.73 Å². The van der Waals surface area contributed by atoms with Gasteiger partial charge in [-0.1, -0.05) is 48.5 Å². The summed E-state index contributed by atoms with van der Waals surface area (Å²) in [7, 11) is 2.08. The van der Waals surface area contributed by atoms with E-state index in [4.69, 9.17) is 19.9 Å². The highest BCUT2D eigenvalue weighted by Crippen LogP contribution is 2.28. The van der Waals surface area contributed by atoms with Crippen LogP contribution in [-0.2, 0) is 22.7 Å². The predicted molar refractivity (Wildman–Crippen MR) is 212 cm³/mol. The second-order valence-corrected chi connectivity index (χ2v) is 13.6. The van der Waals surface area contributed by atoms with Crippen molar-refractivity contribution < 1.29 is 28.6 Å².